The maximum atomic E-state index is 10.6. The molecule has 31 heavy (non-hydrogen) atoms. The van der Waals surface area contributed by atoms with Crippen LogP contribution in [0.15, 0.2) is 48.6 Å². The highest BCUT2D eigenvalue weighted by atomic mass is 35.5. The number of aliphatic hydroxyl groups excluding tert-OH is 2. The summed E-state index contributed by atoms with van der Waals surface area (Å²) in [6.45, 7) is 0.667. The number of alkyl halides is 1. The molecule has 0 bridgehead atoms. The second-order valence-corrected chi connectivity index (χ2v) is 8.83. The molecule has 1 unspecified atom stereocenters. The van der Waals surface area contributed by atoms with Gasteiger partial charge in [-0.1, -0.05) is 48.6 Å². The molecule has 0 aromatic heterocycles. The molecular weight excluding hydrogens is 416 g/mol. The molecule has 1 saturated carbocycles. The number of hydrogen-bond acceptors (Lipinski definition) is 4. The second kappa shape index (κ2) is 13.7. The molecule has 0 radical (unpaired) electrons. The number of carboxylic acid groups (broad SMARTS) is 1. The first kappa shape index (κ1) is 25.6. The van der Waals surface area contributed by atoms with Crippen molar-refractivity contribution in [3.05, 3.63) is 59.7 Å². The van der Waals surface area contributed by atoms with E-state index in [-0.39, 0.29) is 23.6 Å². The van der Waals surface area contributed by atoms with E-state index in [1.807, 2.05) is 30.4 Å². The molecule has 6 heteroatoms. The lowest BCUT2D eigenvalue weighted by Crippen LogP contribution is -2.19. The first-order valence-electron chi connectivity index (χ1n) is 11.0. The summed E-state index contributed by atoms with van der Waals surface area (Å²) < 4.78 is 5.12. The van der Waals surface area contributed by atoms with Crippen LogP contribution in [0.25, 0.3) is 0 Å². The summed E-state index contributed by atoms with van der Waals surface area (Å²) in [6.07, 6.45) is 10.7. The summed E-state index contributed by atoms with van der Waals surface area (Å²) in [6, 6.07) is 8.15. The number of aliphatic carboxylic acids is 1. The van der Waals surface area contributed by atoms with Gasteiger partial charge in [0.1, 0.15) is 0 Å². The van der Waals surface area contributed by atoms with Gasteiger partial charge in [0.15, 0.2) is 0 Å². The van der Waals surface area contributed by atoms with Crippen molar-refractivity contribution in [3.63, 3.8) is 0 Å². The van der Waals surface area contributed by atoms with Gasteiger partial charge in [-0.3, -0.25) is 4.79 Å². The molecule has 172 valence electrons. The first-order valence-corrected chi connectivity index (χ1v) is 11.5. The van der Waals surface area contributed by atoms with Gasteiger partial charge in [0.05, 0.1) is 18.8 Å². The molecule has 1 aliphatic carbocycles. The molecule has 1 aliphatic rings. The Balaban J connectivity index is 1.89. The fourth-order valence-corrected chi connectivity index (χ4v) is 4.56. The average Bonchev–Trinajstić information content (AvgIpc) is 2.99. The average molecular weight is 451 g/mol. The molecule has 0 saturated heterocycles. The lowest BCUT2D eigenvalue weighted by Gasteiger charge is -2.19. The van der Waals surface area contributed by atoms with Crippen molar-refractivity contribution in [2.45, 2.75) is 62.5 Å². The van der Waals surface area contributed by atoms with E-state index >= 15 is 0 Å². The van der Waals surface area contributed by atoms with Gasteiger partial charge >= 0.3 is 5.97 Å². The fraction of sp³-hybridized carbons (Fsp3) is 0.560. The van der Waals surface area contributed by atoms with Crippen LogP contribution in [-0.2, 0) is 22.4 Å². The summed E-state index contributed by atoms with van der Waals surface area (Å²) >= 11 is 6.48. The largest absolute Gasteiger partial charge is 0.481 e. The molecule has 5 nitrogen and oxygen atoms in total. The number of hydrogen-bond donors (Lipinski definition) is 3. The molecular formula is C25H35ClO5. The Kier molecular flexibility index (Phi) is 11.3. The minimum Gasteiger partial charge on any atom is -0.481 e. The maximum Gasteiger partial charge on any atom is 0.303 e. The molecule has 1 fully saturated rings. The predicted molar refractivity (Wildman–Crippen MR) is 123 cm³/mol. The minimum atomic E-state index is -0.779. The van der Waals surface area contributed by atoms with E-state index in [2.05, 4.69) is 12.1 Å². The Morgan fingerprint density at radius 3 is 2.84 bits per heavy atom. The van der Waals surface area contributed by atoms with E-state index in [1.165, 1.54) is 5.56 Å². The standard InChI is InChI=1S/C25H35ClO5/c1-31-14-13-18-7-6-8-19(15-18)16-20(27)11-12-22-21(23(26)17-24(22)28)9-4-2-3-5-10-25(29)30/h2,4,6-8,11-12,15,20-24,27-28H,3,5,9-10,13-14,16-17H2,1H3,(H,29,30)/t20?,21-,22-,23-,24-/m1/s1. The topological polar surface area (TPSA) is 87.0 Å². The van der Waals surface area contributed by atoms with Crippen LogP contribution in [0.1, 0.15) is 43.2 Å². The number of methoxy groups -OCH3 is 1. The highest BCUT2D eigenvalue weighted by Gasteiger charge is 2.39. The van der Waals surface area contributed by atoms with Gasteiger partial charge in [-0.15, -0.1) is 11.6 Å². The normalized spacial score (nSPS) is 24.9. The zero-order valence-electron chi connectivity index (χ0n) is 18.2. The highest BCUT2D eigenvalue weighted by molar-refractivity contribution is 6.21. The third-order valence-electron chi connectivity index (χ3n) is 5.79. The van der Waals surface area contributed by atoms with E-state index < -0.39 is 18.2 Å². The van der Waals surface area contributed by atoms with Crippen LogP contribution < -0.4 is 0 Å². The Labute approximate surface area is 190 Å². The van der Waals surface area contributed by atoms with E-state index in [4.69, 9.17) is 21.4 Å². The van der Waals surface area contributed by atoms with E-state index in [1.54, 1.807) is 13.2 Å². The zero-order valence-corrected chi connectivity index (χ0v) is 19.0. The molecule has 5 atom stereocenters. The van der Waals surface area contributed by atoms with Crippen molar-refractivity contribution in [2.24, 2.45) is 11.8 Å². The van der Waals surface area contributed by atoms with Crippen molar-refractivity contribution in [2.75, 3.05) is 13.7 Å². The van der Waals surface area contributed by atoms with Gasteiger partial charge in [-0.25, -0.2) is 0 Å². The van der Waals surface area contributed by atoms with Gasteiger partial charge in [0.25, 0.3) is 0 Å². The van der Waals surface area contributed by atoms with Crippen molar-refractivity contribution in [3.8, 4) is 0 Å². The number of ether oxygens (including phenoxy) is 1. The van der Waals surface area contributed by atoms with Gasteiger partial charge in [-0.2, -0.15) is 0 Å². The Bertz CT molecular complexity index is 732. The van der Waals surface area contributed by atoms with Crippen LogP contribution in [0.2, 0.25) is 0 Å². The molecule has 0 heterocycles. The summed E-state index contributed by atoms with van der Waals surface area (Å²) in [5, 5.41) is 29.5. The lowest BCUT2D eigenvalue weighted by atomic mass is 9.90. The smallest absolute Gasteiger partial charge is 0.303 e. The van der Waals surface area contributed by atoms with E-state index in [9.17, 15) is 15.0 Å². The Morgan fingerprint density at radius 2 is 2.10 bits per heavy atom. The monoisotopic (exact) mass is 450 g/mol. The third-order valence-corrected chi connectivity index (χ3v) is 6.29. The van der Waals surface area contributed by atoms with Crippen LogP contribution in [-0.4, -0.2) is 52.6 Å². The second-order valence-electron chi connectivity index (χ2n) is 8.27. The number of unbranched alkanes of at least 4 members (excludes halogenated alkanes) is 1. The molecule has 0 spiro atoms. The number of halogens is 1. The molecule has 2 rings (SSSR count). The quantitative estimate of drug-likeness (QED) is 0.239. The van der Waals surface area contributed by atoms with Gasteiger partial charge in [0.2, 0.25) is 0 Å². The maximum absolute atomic E-state index is 10.6. The fourth-order valence-electron chi connectivity index (χ4n) is 4.11. The van der Waals surface area contributed by atoms with Gasteiger partial charge in [-0.05, 0) is 49.1 Å². The lowest BCUT2D eigenvalue weighted by molar-refractivity contribution is -0.137. The van der Waals surface area contributed by atoms with Crippen molar-refractivity contribution in [1.29, 1.82) is 0 Å². The number of allylic oxidation sites excluding steroid dienone is 2. The SMILES string of the molecule is COCCc1cccc(CC(O)C=C[C@@H]2[C@@H](CC=CCCCC(=O)O)[C@H](Cl)C[C@H]2O)c1. The summed E-state index contributed by atoms with van der Waals surface area (Å²) in [7, 11) is 1.68. The highest BCUT2D eigenvalue weighted by Crippen LogP contribution is 2.39. The Hall–Kier alpha value is -1.66. The number of aliphatic hydroxyl groups is 2. The molecule has 0 aliphatic heterocycles. The molecule has 0 amide bonds. The zero-order chi connectivity index (χ0) is 22.6. The van der Waals surface area contributed by atoms with Crippen molar-refractivity contribution in [1.82, 2.24) is 0 Å². The number of carboxylic acids is 1. The van der Waals surface area contributed by atoms with Crippen LogP contribution in [0.3, 0.4) is 0 Å². The van der Waals surface area contributed by atoms with Crippen LogP contribution in [0.4, 0.5) is 0 Å². The van der Waals surface area contributed by atoms with Crippen molar-refractivity contribution >= 4 is 17.6 Å². The van der Waals surface area contributed by atoms with E-state index in [0.29, 0.717) is 25.9 Å². The number of carbonyl (C=O) groups is 1. The van der Waals surface area contributed by atoms with Crippen molar-refractivity contribution < 1.29 is 24.9 Å². The van der Waals surface area contributed by atoms with Gasteiger partial charge in [0, 0.05) is 31.2 Å². The molecule has 1 aromatic rings. The summed E-state index contributed by atoms with van der Waals surface area (Å²) in [4.78, 5) is 10.6. The third kappa shape index (κ3) is 9.16. The van der Waals surface area contributed by atoms with Crippen LogP contribution in [0, 0.1) is 11.8 Å². The molecule has 3 N–H and O–H groups in total. The number of benzene rings is 1. The first-order chi connectivity index (χ1) is 14.9. The van der Waals surface area contributed by atoms with Crippen LogP contribution in [0.5, 0.6) is 0 Å². The predicted octanol–water partition coefficient (Wildman–Crippen LogP) is 4.14. The number of rotatable bonds is 13. The minimum absolute atomic E-state index is 0.0909. The summed E-state index contributed by atoms with van der Waals surface area (Å²) in [5.74, 6) is -0.791. The van der Waals surface area contributed by atoms with Crippen LogP contribution >= 0.6 is 11.6 Å². The van der Waals surface area contributed by atoms with E-state index in [0.717, 1.165) is 24.8 Å². The van der Waals surface area contributed by atoms with Gasteiger partial charge < -0.3 is 20.1 Å². The molecule has 1 aromatic carbocycles. The summed E-state index contributed by atoms with van der Waals surface area (Å²) in [5.41, 5.74) is 2.25. The Morgan fingerprint density at radius 1 is 1.32 bits per heavy atom.